The number of hydrogen-bond donors (Lipinski definition) is 2. The van der Waals surface area contributed by atoms with Crippen molar-refractivity contribution in [1.82, 2.24) is 20.3 Å². The smallest absolute Gasteiger partial charge is 0.358 e. The van der Waals surface area contributed by atoms with Crippen molar-refractivity contribution in [1.29, 1.82) is 0 Å². The van der Waals surface area contributed by atoms with Crippen molar-refractivity contribution in [2.24, 2.45) is 0 Å². The monoisotopic (exact) mass is 336 g/mol. The molecule has 0 radical (unpaired) electrons. The van der Waals surface area contributed by atoms with E-state index < -0.39 is 5.97 Å². The maximum Gasteiger partial charge on any atom is 0.358 e. The molecule has 0 fully saturated rings. The van der Waals surface area contributed by atoms with Gasteiger partial charge in [-0.25, -0.2) is 9.48 Å². The van der Waals surface area contributed by atoms with Gasteiger partial charge in [0.05, 0.1) is 25.4 Å². The minimum atomic E-state index is -1.14. The molecule has 0 aliphatic carbocycles. The summed E-state index contributed by atoms with van der Waals surface area (Å²) in [5.74, 6) is -0.907. The summed E-state index contributed by atoms with van der Waals surface area (Å²) >= 11 is 1.56. The molecular weight excluding hydrogens is 320 g/mol. The molecule has 0 saturated carbocycles. The van der Waals surface area contributed by atoms with E-state index in [0.717, 1.165) is 4.90 Å². The van der Waals surface area contributed by atoms with E-state index in [9.17, 15) is 9.59 Å². The molecule has 8 nitrogen and oxygen atoms in total. The summed E-state index contributed by atoms with van der Waals surface area (Å²) in [7, 11) is 1.51. The highest BCUT2D eigenvalue weighted by atomic mass is 32.2. The van der Waals surface area contributed by atoms with Crippen LogP contribution in [0.1, 0.15) is 20.8 Å². The second-order valence-corrected chi connectivity index (χ2v) is 5.37. The van der Waals surface area contributed by atoms with E-state index in [0.29, 0.717) is 17.9 Å². The zero-order chi connectivity index (χ0) is 16.8. The number of ether oxygens (including phenoxy) is 1. The fourth-order valence-electron chi connectivity index (χ4n) is 1.87. The Kier molecular flexibility index (Phi) is 5.58. The average Bonchev–Trinajstić information content (AvgIpc) is 3.03. The number of aromatic carboxylic acids is 1. The predicted octanol–water partition coefficient (Wildman–Crippen LogP) is 1.14. The number of carboxylic acids is 1. The summed E-state index contributed by atoms with van der Waals surface area (Å²) in [6.45, 7) is 0.603. The fraction of sp³-hybridized carbons (Fsp3) is 0.286. The average molecular weight is 336 g/mol. The Morgan fingerprint density at radius 1 is 1.43 bits per heavy atom. The maximum atomic E-state index is 12.2. The second kappa shape index (κ2) is 7.63. The number of thioether (sulfide) groups is 1. The lowest BCUT2D eigenvalue weighted by Gasteiger charge is -2.10. The summed E-state index contributed by atoms with van der Waals surface area (Å²) in [5, 5.41) is 18.7. The number of carboxylic acid groups (broad SMARTS) is 1. The fourth-order valence-corrected chi connectivity index (χ4v) is 2.30. The van der Waals surface area contributed by atoms with Crippen LogP contribution in [-0.4, -0.2) is 51.9 Å². The summed E-state index contributed by atoms with van der Waals surface area (Å²) in [4.78, 5) is 23.9. The lowest BCUT2D eigenvalue weighted by atomic mass is 10.2. The van der Waals surface area contributed by atoms with Gasteiger partial charge in [0.15, 0.2) is 5.69 Å². The van der Waals surface area contributed by atoms with Crippen molar-refractivity contribution < 1.29 is 19.4 Å². The Bertz CT molecular complexity index is 717. The van der Waals surface area contributed by atoms with Gasteiger partial charge in [0.25, 0.3) is 5.91 Å². The highest BCUT2D eigenvalue weighted by Crippen LogP contribution is 2.25. The van der Waals surface area contributed by atoms with Gasteiger partial charge >= 0.3 is 5.97 Å². The van der Waals surface area contributed by atoms with E-state index in [1.807, 2.05) is 12.3 Å². The van der Waals surface area contributed by atoms with E-state index in [2.05, 4.69) is 15.6 Å². The van der Waals surface area contributed by atoms with E-state index in [1.54, 1.807) is 23.9 Å². The number of carbonyl (C=O) groups excluding carboxylic acids is 1. The lowest BCUT2D eigenvalue weighted by Crippen LogP contribution is -2.27. The summed E-state index contributed by atoms with van der Waals surface area (Å²) < 4.78 is 6.60. The SMILES string of the molecule is COc1cc(SC)ccc1C(=O)NCCn1cc(C(=O)O)nn1. The molecule has 0 atom stereocenters. The molecule has 0 unspecified atom stereocenters. The van der Waals surface area contributed by atoms with Crippen molar-refractivity contribution in [3.63, 3.8) is 0 Å². The van der Waals surface area contributed by atoms with Gasteiger partial charge in [0, 0.05) is 11.4 Å². The number of rotatable bonds is 7. The van der Waals surface area contributed by atoms with Gasteiger partial charge in [0.1, 0.15) is 5.75 Å². The molecule has 0 saturated heterocycles. The van der Waals surface area contributed by atoms with Gasteiger partial charge in [0.2, 0.25) is 0 Å². The normalized spacial score (nSPS) is 10.3. The minimum absolute atomic E-state index is 0.134. The van der Waals surface area contributed by atoms with Crippen LogP contribution >= 0.6 is 11.8 Å². The molecule has 2 rings (SSSR count). The summed E-state index contributed by atoms with van der Waals surface area (Å²) in [5.41, 5.74) is 0.306. The number of methoxy groups -OCH3 is 1. The molecule has 122 valence electrons. The molecule has 0 spiro atoms. The van der Waals surface area contributed by atoms with E-state index in [4.69, 9.17) is 9.84 Å². The molecule has 9 heteroatoms. The van der Waals surface area contributed by atoms with Crippen molar-refractivity contribution in [2.45, 2.75) is 11.4 Å². The number of nitrogens with zero attached hydrogens (tertiary/aromatic N) is 3. The van der Waals surface area contributed by atoms with Gasteiger partial charge in [-0.15, -0.1) is 16.9 Å². The summed E-state index contributed by atoms with van der Waals surface area (Å²) in [6, 6.07) is 5.35. The van der Waals surface area contributed by atoms with Crippen molar-refractivity contribution >= 4 is 23.6 Å². The van der Waals surface area contributed by atoms with Crippen LogP contribution in [0.15, 0.2) is 29.3 Å². The first-order valence-electron chi connectivity index (χ1n) is 6.68. The first kappa shape index (κ1) is 16.8. The molecular formula is C14H16N4O4S. The van der Waals surface area contributed by atoms with Crippen LogP contribution in [0.5, 0.6) is 5.75 Å². The Balaban J connectivity index is 1.95. The van der Waals surface area contributed by atoms with Gasteiger partial charge in [-0.05, 0) is 24.5 Å². The van der Waals surface area contributed by atoms with Gasteiger partial charge in [-0.2, -0.15) is 0 Å². The first-order chi connectivity index (χ1) is 11.0. The standard InChI is InChI=1S/C14H16N4O4S/c1-22-12-7-9(23-2)3-4-10(12)13(19)15-5-6-18-8-11(14(20)21)16-17-18/h3-4,7-8H,5-6H2,1-2H3,(H,15,19)(H,20,21). The van der Waals surface area contributed by atoms with Gasteiger partial charge in [-0.3, -0.25) is 4.79 Å². The van der Waals surface area contributed by atoms with Crippen LogP contribution in [0.4, 0.5) is 0 Å². The molecule has 2 N–H and O–H groups in total. The number of carbonyl (C=O) groups is 2. The Morgan fingerprint density at radius 2 is 2.22 bits per heavy atom. The number of amides is 1. The molecule has 2 aromatic rings. The molecule has 0 aliphatic heterocycles. The van der Waals surface area contributed by atoms with Crippen LogP contribution < -0.4 is 10.1 Å². The van der Waals surface area contributed by atoms with Crippen LogP contribution in [0, 0.1) is 0 Å². The molecule has 1 amide bonds. The van der Waals surface area contributed by atoms with Crippen LogP contribution in [0.2, 0.25) is 0 Å². The van der Waals surface area contributed by atoms with Crippen LogP contribution in [0.25, 0.3) is 0 Å². The first-order valence-corrected chi connectivity index (χ1v) is 7.91. The molecule has 0 bridgehead atoms. The Morgan fingerprint density at radius 3 is 2.83 bits per heavy atom. The van der Waals surface area contributed by atoms with Gasteiger partial charge in [-0.1, -0.05) is 5.21 Å². The van der Waals surface area contributed by atoms with Crippen molar-refractivity contribution in [3.05, 3.63) is 35.7 Å². The van der Waals surface area contributed by atoms with Crippen LogP contribution in [0.3, 0.4) is 0 Å². The van der Waals surface area contributed by atoms with E-state index in [1.165, 1.54) is 18.0 Å². The lowest BCUT2D eigenvalue weighted by molar-refractivity contribution is 0.0690. The summed E-state index contributed by atoms with van der Waals surface area (Å²) in [6.07, 6.45) is 3.25. The van der Waals surface area contributed by atoms with Gasteiger partial charge < -0.3 is 15.2 Å². The zero-order valence-corrected chi connectivity index (χ0v) is 13.5. The molecule has 23 heavy (non-hydrogen) atoms. The van der Waals surface area contributed by atoms with E-state index in [-0.39, 0.29) is 18.1 Å². The molecule has 1 aromatic heterocycles. The number of aromatic nitrogens is 3. The highest BCUT2D eigenvalue weighted by Gasteiger charge is 2.13. The number of benzene rings is 1. The minimum Gasteiger partial charge on any atom is -0.496 e. The Labute approximate surface area is 136 Å². The van der Waals surface area contributed by atoms with Crippen molar-refractivity contribution in [2.75, 3.05) is 19.9 Å². The highest BCUT2D eigenvalue weighted by molar-refractivity contribution is 7.98. The predicted molar refractivity (Wildman–Crippen MR) is 84.1 cm³/mol. The largest absolute Gasteiger partial charge is 0.496 e. The molecule has 0 aliphatic rings. The second-order valence-electron chi connectivity index (χ2n) is 4.49. The van der Waals surface area contributed by atoms with Crippen molar-refractivity contribution in [3.8, 4) is 5.75 Å². The number of hydrogen-bond acceptors (Lipinski definition) is 6. The third kappa shape index (κ3) is 4.22. The zero-order valence-electron chi connectivity index (χ0n) is 12.6. The molecule has 1 heterocycles. The van der Waals surface area contributed by atoms with E-state index >= 15 is 0 Å². The third-order valence-corrected chi connectivity index (χ3v) is 3.76. The maximum absolute atomic E-state index is 12.2. The quantitative estimate of drug-likeness (QED) is 0.730. The van der Waals surface area contributed by atoms with Crippen LogP contribution in [-0.2, 0) is 6.54 Å². The third-order valence-electron chi connectivity index (χ3n) is 3.04. The molecule has 1 aromatic carbocycles. The topological polar surface area (TPSA) is 106 Å². The number of nitrogens with one attached hydrogen (secondary N) is 1. The Hall–Kier alpha value is -2.55.